The molecule has 0 saturated heterocycles. The molecule has 0 rings (SSSR count). The van der Waals surface area contributed by atoms with Gasteiger partial charge in [0.1, 0.15) is 0 Å². The summed E-state index contributed by atoms with van der Waals surface area (Å²) in [6.07, 6.45) is 12.9. The summed E-state index contributed by atoms with van der Waals surface area (Å²) in [5, 5.41) is 19.1. The number of rotatable bonds is 15. The van der Waals surface area contributed by atoms with Crippen LogP contribution >= 0.6 is 0 Å². The molecule has 0 aromatic carbocycles. The van der Waals surface area contributed by atoms with E-state index < -0.39 is 12.2 Å². The number of aliphatic hydroxyl groups excluding tert-OH is 2. The van der Waals surface area contributed by atoms with Crippen LogP contribution < -0.4 is 0 Å². The minimum absolute atomic E-state index is 0.182. The third-order valence-corrected chi connectivity index (χ3v) is 4.00. The maximum Gasteiger partial charge on any atom is 0.0807 e. The van der Waals surface area contributed by atoms with Crippen molar-refractivity contribution in [2.24, 2.45) is 0 Å². The van der Waals surface area contributed by atoms with E-state index in [0.29, 0.717) is 6.61 Å². The summed E-state index contributed by atoms with van der Waals surface area (Å²) in [7, 11) is 0. The highest BCUT2D eigenvalue weighted by Gasteiger charge is 2.14. The van der Waals surface area contributed by atoms with Crippen molar-refractivity contribution < 1.29 is 14.9 Å². The van der Waals surface area contributed by atoms with Crippen LogP contribution in [0, 0.1) is 0 Å². The van der Waals surface area contributed by atoms with E-state index in [9.17, 15) is 5.11 Å². The van der Waals surface area contributed by atoms with Crippen molar-refractivity contribution in [2.45, 2.75) is 110 Å². The van der Waals surface area contributed by atoms with E-state index in [0.717, 1.165) is 12.8 Å². The topological polar surface area (TPSA) is 49.7 Å². The lowest BCUT2D eigenvalue weighted by molar-refractivity contribution is -0.0566. The zero-order valence-electron chi connectivity index (χ0n) is 14.5. The van der Waals surface area contributed by atoms with Crippen molar-refractivity contribution in [2.75, 3.05) is 6.61 Å². The van der Waals surface area contributed by atoms with E-state index in [1.54, 1.807) is 6.92 Å². The van der Waals surface area contributed by atoms with Gasteiger partial charge < -0.3 is 14.9 Å². The summed E-state index contributed by atoms with van der Waals surface area (Å²) in [6, 6.07) is 0. The van der Waals surface area contributed by atoms with E-state index >= 15 is 0 Å². The van der Waals surface area contributed by atoms with Crippen LogP contribution in [-0.4, -0.2) is 35.1 Å². The first-order valence-corrected chi connectivity index (χ1v) is 9.05. The van der Waals surface area contributed by atoms with Gasteiger partial charge in [-0.25, -0.2) is 0 Å². The average molecular weight is 302 g/mol. The third-order valence-electron chi connectivity index (χ3n) is 4.00. The Balaban J connectivity index is 3.29. The van der Waals surface area contributed by atoms with Gasteiger partial charge in [-0.3, -0.25) is 0 Å². The lowest BCUT2D eigenvalue weighted by atomic mass is 10.0. The highest BCUT2D eigenvalue weighted by atomic mass is 16.5. The molecule has 0 aromatic heterocycles. The van der Waals surface area contributed by atoms with Gasteiger partial charge in [-0.1, -0.05) is 71.1 Å². The van der Waals surface area contributed by atoms with Gasteiger partial charge in [0.25, 0.3) is 0 Å². The van der Waals surface area contributed by atoms with E-state index in [2.05, 4.69) is 6.92 Å². The fourth-order valence-corrected chi connectivity index (χ4v) is 2.48. The Morgan fingerprint density at radius 2 is 1.24 bits per heavy atom. The molecule has 3 nitrogen and oxygen atoms in total. The summed E-state index contributed by atoms with van der Waals surface area (Å²) in [6.45, 7) is 6.13. The summed E-state index contributed by atoms with van der Waals surface area (Å²) < 4.78 is 5.41. The minimum atomic E-state index is -0.461. The largest absolute Gasteiger partial charge is 0.391 e. The molecule has 0 saturated carbocycles. The molecule has 0 aliphatic heterocycles. The Hall–Kier alpha value is -0.120. The Labute approximate surface area is 132 Å². The molecule has 0 aromatic rings. The summed E-state index contributed by atoms with van der Waals surface area (Å²) >= 11 is 0. The molecule has 3 heteroatoms. The highest BCUT2D eigenvalue weighted by molar-refractivity contribution is 4.65. The van der Waals surface area contributed by atoms with Crippen LogP contribution in [0.5, 0.6) is 0 Å². The van der Waals surface area contributed by atoms with Crippen molar-refractivity contribution in [3.05, 3.63) is 0 Å². The second-order valence-corrected chi connectivity index (χ2v) is 6.43. The lowest BCUT2D eigenvalue weighted by Gasteiger charge is -2.20. The second kappa shape index (κ2) is 14.8. The number of unbranched alkanes of at least 4 members (excludes halogenated alkanes) is 9. The Bertz CT molecular complexity index is 207. The standard InChI is InChI=1S/C18H38O3/c1-4-5-6-7-8-9-10-11-12-13-14-18(20)17(3)21-15-16(2)19/h16-20H,4-15H2,1-3H3. The number of ether oxygens (including phenoxy) is 1. The number of hydrogen-bond acceptors (Lipinski definition) is 3. The van der Waals surface area contributed by atoms with Crippen molar-refractivity contribution in [1.82, 2.24) is 0 Å². The first-order chi connectivity index (χ1) is 10.1. The molecular weight excluding hydrogens is 264 g/mol. The number of aliphatic hydroxyl groups is 2. The van der Waals surface area contributed by atoms with Crippen LogP contribution in [0.2, 0.25) is 0 Å². The van der Waals surface area contributed by atoms with Crippen LogP contribution in [0.1, 0.15) is 91.4 Å². The Kier molecular flexibility index (Phi) is 14.7. The van der Waals surface area contributed by atoms with E-state index in [1.807, 2.05) is 6.92 Å². The second-order valence-electron chi connectivity index (χ2n) is 6.43. The SMILES string of the molecule is CCCCCCCCCCCCC(O)C(C)OCC(C)O. The molecule has 0 amide bonds. The molecule has 0 spiro atoms. The van der Waals surface area contributed by atoms with Gasteiger partial charge in [0.05, 0.1) is 24.9 Å². The maximum atomic E-state index is 9.95. The van der Waals surface area contributed by atoms with Crippen LogP contribution in [-0.2, 0) is 4.74 Å². The summed E-state index contributed by atoms with van der Waals surface area (Å²) in [5.74, 6) is 0. The summed E-state index contributed by atoms with van der Waals surface area (Å²) in [5.41, 5.74) is 0. The Morgan fingerprint density at radius 1 is 0.762 bits per heavy atom. The van der Waals surface area contributed by atoms with Crippen molar-refractivity contribution >= 4 is 0 Å². The quantitative estimate of drug-likeness (QED) is 0.440. The van der Waals surface area contributed by atoms with Crippen molar-refractivity contribution in [1.29, 1.82) is 0 Å². The number of hydrogen-bond donors (Lipinski definition) is 2. The molecule has 3 unspecified atom stereocenters. The van der Waals surface area contributed by atoms with Gasteiger partial charge in [-0.15, -0.1) is 0 Å². The van der Waals surface area contributed by atoms with Crippen LogP contribution in [0.25, 0.3) is 0 Å². The molecular formula is C18H38O3. The fraction of sp³-hybridized carbons (Fsp3) is 1.00. The fourth-order valence-electron chi connectivity index (χ4n) is 2.48. The molecule has 21 heavy (non-hydrogen) atoms. The monoisotopic (exact) mass is 302 g/mol. The Morgan fingerprint density at radius 3 is 1.71 bits per heavy atom. The highest BCUT2D eigenvalue weighted by Crippen LogP contribution is 2.13. The first-order valence-electron chi connectivity index (χ1n) is 9.05. The molecule has 0 aliphatic rings. The third kappa shape index (κ3) is 14.6. The van der Waals surface area contributed by atoms with Gasteiger partial charge in [-0.2, -0.15) is 0 Å². The molecule has 128 valence electrons. The van der Waals surface area contributed by atoms with Crippen LogP contribution in [0.15, 0.2) is 0 Å². The smallest absolute Gasteiger partial charge is 0.0807 e. The minimum Gasteiger partial charge on any atom is -0.391 e. The van der Waals surface area contributed by atoms with Crippen LogP contribution in [0.3, 0.4) is 0 Å². The normalized spacial score (nSPS) is 15.9. The summed E-state index contributed by atoms with van der Waals surface area (Å²) in [4.78, 5) is 0. The van der Waals surface area contributed by atoms with Gasteiger partial charge >= 0.3 is 0 Å². The van der Waals surface area contributed by atoms with Gasteiger partial charge in [0, 0.05) is 0 Å². The molecule has 2 N–H and O–H groups in total. The lowest BCUT2D eigenvalue weighted by Crippen LogP contribution is -2.28. The molecule has 0 fully saturated rings. The van der Waals surface area contributed by atoms with E-state index in [4.69, 9.17) is 9.84 Å². The van der Waals surface area contributed by atoms with Crippen molar-refractivity contribution in [3.8, 4) is 0 Å². The van der Waals surface area contributed by atoms with Crippen LogP contribution in [0.4, 0.5) is 0 Å². The van der Waals surface area contributed by atoms with Gasteiger partial charge in [-0.05, 0) is 20.3 Å². The molecule has 0 radical (unpaired) electrons. The van der Waals surface area contributed by atoms with Crippen molar-refractivity contribution in [3.63, 3.8) is 0 Å². The molecule has 3 atom stereocenters. The molecule has 0 heterocycles. The zero-order chi connectivity index (χ0) is 15.9. The first kappa shape index (κ1) is 20.9. The average Bonchev–Trinajstić information content (AvgIpc) is 2.46. The predicted octanol–water partition coefficient (Wildman–Crippen LogP) is 4.44. The van der Waals surface area contributed by atoms with E-state index in [-0.39, 0.29) is 6.10 Å². The van der Waals surface area contributed by atoms with E-state index in [1.165, 1.54) is 57.8 Å². The zero-order valence-corrected chi connectivity index (χ0v) is 14.5. The maximum absolute atomic E-state index is 9.95. The molecule has 0 aliphatic carbocycles. The molecule has 0 bridgehead atoms. The predicted molar refractivity (Wildman–Crippen MR) is 89.6 cm³/mol. The van der Waals surface area contributed by atoms with Gasteiger partial charge in [0.2, 0.25) is 0 Å². The van der Waals surface area contributed by atoms with Gasteiger partial charge in [0.15, 0.2) is 0 Å².